The summed E-state index contributed by atoms with van der Waals surface area (Å²) in [5, 5.41) is 3.53. The summed E-state index contributed by atoms with van der Waals surface area (Å²) in [6.45, 7) is 7.39. The summed E-state index contributed by atoms with van der Waals surface area (Å²) in [5.74, 6) is 0. The topological polar surface area (TPSA) is 33.1 Å². The van der Waals surface area contributed by atoms with Crippen LogP contribution in [0.15, 0.2) is 12.5 Å². The van der Waals surface area contributed by atoms with Crippen LogP contribution in [0.1, 0.15) is 26.0 Å². The Morgan fingerprint density at radius 3 is 2.88 bits per heavy atom. The molecule has 4 nitrogen and oxygen atoms in total. The first-order valence-electron chi connectivity index (χ1n) is 6.00. The molecule has 1 N–H and O–H groups in total. The highest BCUT2D eigenvalue weighted by molar-refractivity contribution is 4.97. The van der Waals surface area contributed by atoms with E-state index in [4.69, 9.17) is 0 Å². The molecule has 0 aliphatic rings. The largest absolute Gasteiger partial charge is 0.334 e. The number of imidazole rings is 1. The van der Waals surface area contributed by atoms with E-state index in [1.54, 1.807) is 0 Å². The minimum Gasteiger partial charge on any atom is -0.334 e. The van der Waals surface area contributed by atoms with Crippen LogP contribution in [0.2, 0.25) is 0 Å². The summed E-state index contributed by atoms with van der Waals surface area (Å²) in [5.41, 5.74) is 1.26. The van der Waals surface area contributed by atoms with Gasteiger partial charge in [-0.3, -0.25) is 0 Å². The van der Waals surface area contributed by atoms with Crippen LogP contribution >= 0.6 is 0 Å². The quantitative estimate of drug-likeness (QED) is 0.758. The van der Waals surface area contributed by atoms with Gasteiger partial charge in [0.2, 0.25) is 0 Å². The van der Waals surface area contributed by atoms with Crippen LogP contribution in [0, 0.1) is 0 Å². The maximum Gasteiger partial charge on any atom is 0.0948 e. The molecule has 1 aromatic rings. The van der Waals surface area contributed by atoms with E-state index in [0.717, 1.165) is 19.6 Å². The van der Waals surface area contributed by atoms with Crippen LogP contribution in [0.5, 0.6) is 0 Å². The molecule has 0 aliphatic heterocycles. The van der Waals surface area contributed by atoms with Crippen LogP contribution in [0.3, 0.4) is 0 Å². The van der Waals surface area contributed by atoms with E-state index in [-0.39, 0.29) is 0 Å². The van der Waals surface area contributed by atoms with Gasteiger partial charge in [-0.2, -0.15) is 0 Å². The minimum atomic E-state index is 0.544. The molecular formula is C12H24N4. The average molecular weight is 224 g/mol. The molecule has 0 spiro atoms. The lowest BCUT2D eigenvalue weighted by atomic mass is 10.2. The zero-order chi connectivity index (χ0) is 12.0. The second kappa shape index (κ2) is 6.66. The number of hydrogen-bond acceptors (Lipinski definition) is 3. The van der Waals surface area contributed by atoms with Gasteiger partial charge in [0.1, 0.15) is 0 Å². The van der Waals surface area contributed by atoms with Crippen molar-refractivity contribution in [2.75, 3.05) is 20.6 Å². The highest BCUT2D eigenvalue weighted by atomic mass is 15.1. The maximum absolute atomic E-state index is 4.16. The molecule has 0 aromatic carbocycles. The highest BCUT2D eigenvalue weighted by Gasteiger charge is 2.04. The monoisotopic (exact) mass is 224 g/mol. The summed E-state index contributed by atoms with van der Waals surface area (Å²) in [6.07, 6.45) is 5.00. The van der Waals surface area contributed by atoms with Crippen molar-refractivity contribution in [2.24, 2.45) is 0 Å². The summed E-state index contributed by atoms with van der Waals surface area (Å²) < 4.78 is 2.17. The van der Waals surface area contributed by atoms with Crippen LogP contribution in [0.25, 0.3) is 0 Å². The van der Waals surface area contributed by atoms with Crippen molar-refractivity contribution in [2.45, 2.75) is 39.4 Å². The van der Waals surface area contributed by atoms with E-state index < -0.39 is 0 Å². The van der Waals surface area contributed by atoms with Gasteiger partial charge in [0.05, 0.1) is 12.0 Å². The molecule has 16 heavy (non-hydrogen) atoms. The molecular weight excluding hydrogens is 200 g/mol. The zero-order valence-electron chi connectivity index (χ0n) is 10.9. The van der Waals surface area contributed by atoms with Crippen molar-refractivity contribution in [3.05, 3.63) is 18.2 Å². The zero-order valence-corrected chi connectivity index (χ0v) is 10.9. The van der Waals surface area contributed by atoms with Crippen molar-refractivity contribution >= 4 is 0 Å². The Morgan fingerprint density at radius 2 is 2.25 bits per heavy atom. The first kappa shape index (κ1) is 13.2. The van der Waals surface area contributed by atoms with Crippen molar-refractivity contribution in [1.29, 1.82) is 0 Å². The molecule has 0 aliphatic carbocycles. The predicted molar refractivity (Wildman–Crippen MR) is 67.4 cm³/mol. The van der Waals surface area contributed by atoms with Gasteiger partial charge in [-0.1, -0.05) is 0 Å². The van der Waals surface area contributed by atoms with Gasteiger partial charge >= 0.3 is 0 Å². The van der Waals surface area contributed by atoms with E-state index in [0.29, 0.717) is 6.04 Å². The molecule has 1 atom stereocenters. The molecule has 0 saturated heterocycles. The molecule has 4 heteroatoms. The summed E-state index contributed by atoms with van der Waals surface area (Å²) in [6, 6.07) is 0.544. The SMILES string of the molecule is CCn1cncc1CNC(C)CCN(C)C. The van der Waals surface area contributed by atoms with Gasteiger partial charge in [0.25, 0.3) is 0 Å². The van der Waals surface area contributed by atoms with Crippen LogP contribution in [-0.2, 0) is 13.1 Å². The van der Waals surface area contributed by atoms with Crippen LogP contribution in [0.4, 0.5) is 0 Å². The van der Waals surface area contributed by atoms with Gasteiger partial charge < -0.3 is 14.8 Å². The van der Waals surface area contributed by atoms with E-state index in [1.807, 2.05) is 12.5 Å². The lowest BCUT2D eigenvalue weighted by molar-refractivity contribution is 0.364. The van der Waals surface area contributed by atoms with Crippen molar-refractivity contribution in [1.82, 2.24) is 19.8 Å². The number of aryl methyl sites for hydroxylation is 1. The molecule has 0 amide bonds. The van der Waals surface area contributed by atoms with Gasteiger partial charge in [-0.15, -0.1) is 0 Å². The van der Waals surface area contributed by atoms with Gasteiger partial charge in [0, 0.05) is 25.3 Å². The number of rotatable bonds is 7. The smallest absolute Gasteiger partial charge is 0.0948 e. The molecule has 1 rings (SSSR count). The number of aromatic nitrogens is 2. The standard InChI is InChI=1S/C12H24N4/c1-5-16-10-13-8-12(16)9-14-11(2)6-7-15(3)4/h8,10-11,14H,5-7,9H2,1-4H3. The van der Waals surface area contributed by atoms with E-state index >= 15 is 0 Å². The van der Waals surface area contributed by atoms with Gasteiger partial charge in [-0.05, 0) is 40.9 Å². The average Bonchev–Trinajstić information content (AvgIpc) is 2.70. The van der Waals surface area contributed by atoms with Crippen molar-refractivity contribution in [3.8, 4) is 0 Å². The molecule has 0 fully saturated rings. The third kappa shape index (κ3) is 4.33. The Kier molecular flexibility index (Phi) is 5.49. The minimum absolute atomic E-state index is 0.544. The fourth-order valence-electron chi connectivity index (χ4n) is 1.61. The first-order chi connectivity index (χ1) is 7.63. The number of hydrogen-bond donors (Lipinski definition) is 1. The maximum atomic E-state index is 4.16. The second-order valence-corrected chi connectivity index (χ2v) is 4.54. The molecule has 92 valence electrons. The van der Waals surface area contributed by atoms with E-state index in [9.17, 15) is 0 Å². The van der Waals surface area contributed by atoms with E-state index in [1.165, 1.54) is 12.1 Å². The molecule has 0 radical (unpaired) electrons. The lowest BCUT2D eigenvalue weighted by Gasteiger charge is -2.17. The third-order valence-electron chi connectivity index (χ3n) is 2.78. The number of nitrogens with one attached hydrogen (secondary N) is 1. The van der Waals surface area contributed by atoms with Gasteiger partial charge in [0.15, 0.2) is 0 Å². The normalized spacial score (nSPS) is 13.3. The third-order valence-corrected chi connectivity index (χ3v) is 2.78. The fourth-order valence-corrected chi connectivity index (χ4v) is 1.61. The Bertz CT molecular complexity index is 293. The Morgan fingerprint density at radius 1 is 1.50 bits per heavy atom. The van der Waals surface area contributed by atoms with Crippen LogP contribution < -0.4 is 5.32 Å². The first-order valence-corrected chi connectivity index (χ1v) is 6.00. The molecule has 0 bridgehead atoms. The highest BCUT2D eigenvalue weighted by Crippen LogP contribution is 2.00. The van der Waals surface area contributed by atoms with Crippen LogP contribution in [-0.4, -0.2) is 41.1 Å². The summed E-state index contributed by atoms with van der Waals surface area (Å²) in [7, 11) is 4.22. The van der Waals surface area contributed by atoms with Gasteiger partial charge in [-0.25, -0.2) is 4.98 Å². The molecule has 1 aromatic heterocycles. The Hall–Kier alpha value is -0.870. The second-order valence-electron chi connectivity index (χ2n) is 4.54. The molecule has 0 saturated carbocycles. The Balaban J connectivity index is 2.28. The molecule has 1 heterocycles. The predicted octanol–water partition coefficient (Wildman–Crippen LogP) is 1.33. The summed E-state index contributed by atoms with van der Waals surface area (Å²) >= 11 is 0. The fraction of sp³-hybridized carbons (Fsp3) is 0.750. The number of nitrogens with zero attached hydrogens (tertiary/aromatic N) is 3. The Labute approximate surface area is 98.7 Å². The molecule has 1 unspecified atom stereocenters. The van der Waals surface area contributed by atoms with Crippen molar-refractivity contribution < 1.29 is 0 Å². The summed E-state index contributed by atoms with van der Waals surface area (Å²) in [4.78, 5) is 6.38. The lowest BCUT2D eigenvalue weighted by Crippen LogP contribution is -2.30. The van der Waals surface area contributed by atoms with Crippen molar-refractivity contribution in [3.63, 3.8) is 0 Å². The van der Waals surface area contributed by atoms with E-state index in [2.05, 4.69) is 47.7 Å².